The Bertz CT molecular complexity index is 783. The molecule has 0 N–H and O–H groups in total. The fraction of sp³-hybridized carbons (Fsp3) is 0.936. The minimum absolute atomic E-state index is 0.0638. The van der Waals surface area contributed by atoms with Crippen LogP contribution in [0.4, 0.5) is 0 Å². The van der Waals surface area contributed by atoms with Crippen LogP contribution in [-0.2, 0) is 28.6 Å². The Hall–Kier alpha value is -1.59. The number of hydrogen-bond acceptors (Lipinski definition) is 6. The van der Waals surface area contributed by atoms with E-state index in [2.05, 4.69) is 20.8 Å². The molecule has 0 amide bonds. The third-order valence-corrected chi connectivity index (χ3v) is 10.6. The lowest BCUT2D eigenvalue weighted by atomic mass is 10.0. The molecule has 0 aromatic heterocycles. The molecule has 0 fully saturated rings. The Morgan fingerprint density at radius 3 is 0.755 bits per heavy atom. The zero-order chi connectivity index (χ0) is 38.7. The molecule has 0 saturated heterocycles. The lowest BCUT2D eigenvalue weighted by Crippen LogP contribution is -2.30. The maximum atomic E-state index is 12.6. The van der Waals surface area contributed by atoms with E-state index < -0.39 is 6.10 Å². The van der Waals surface area contributed by atoms with Crippen molar-refractivity contribution in [3.8, 4) is 0 Å². The molecule has 6 nitrogen and oxygen atoms in total. The zero-order valence-electron chi connectivity index (χ0n) is 35.8. The number of carbonyl (C=O) groups excluding carboxylic acids is 3. The van der Waals surface area contributed by atoms with Gasteiger partial charge in [0.2, 0.25) is 0 Å². The third kappa shape index (κ3) is 41.4. The summed E-state index contributed by atoms with van der Waals surface area (Å²) in [4.78, 5) is 37.4. The Balaban J connectivity index is 4.08. The molecule has 314 valence electrons. The minimum atomic E-state index is -0.756. The van der Waals surface area contributed by atoms with Gasteiger partial charge in [-0.1, -0.05) is 226 Å². The van der Waals surface area contributed by atoms with Crippen molar-refractivity contribution in [2.75, 3.05) is 13.2 Å². The molecule has 1 unspecified atom stereocenters. The first-order valence-corrected chi connectivity index (χ1v) is 23.5. The van der Waals surface area contributed by atoms with Crippen LogP contribution in [0.25, 0.3) is 0 Å². The average Bonchev–Trinajstić information content (AvgIpc) is 3.15. The molecule has 0 saturated carbocycles. The first-order valence-electron chi connectivity index (χ1n) is 23.5. The standard InChI is InChI=1S/C47H90O6/c1-4-7-10-13-15-17-19-20-21-22-23-24-25-26-28-29-31-34-37-40-46(49)52-43-44(42-51-45(48)39-36-33-12-9-6-3)53-47(50)41-38-35-32-30-27-18-16-14-11-8-5-2/h44H,4-43H2,1-3H3. The number of ether oxygens (including phenoxy) is 3. The Morgan fingerprint density at radius 1 is 0.302 bits per heavy atom. The summed E-state index contributed by atoms with van der Waals surface area (Å²) >= 11 is 0. The quantitative estimate of drug-likeness (QED) is 0.0351. The normalized spacial score (nSPS) is 11.8. The van der Waals surface area contributed by atoms with Crippen LogP contribution in [0, 0.1) is 0 Å². The highest BCUT2D eigenvalue weighted by Gasteiger charge is 2.19. The Morgan fingerprint density at radius 2 is 0.509 bits per heavy atom. The van der Waals surface area contributed by atoms with E-state index in [1.165, 1.54) is 161 Å². The topological polar surface area (TPSA) is 78.9 Å². The molecule has 0 aliphatic rings. The maximum Gasteiger partial charge on any atom is 0.306 e. The first-order chi connectivity index (χ1) is 26.0. The molecular weight excluding hydrogens is 661 g/mol. The molecule has 0 bridgehead atoms. The molecule has 0 aromatic carbocycles. The fourth-order valence-electron chi connectivity index (χ4n) is 7.03. The van der Waals surface area contributed by atoms with Crippen LogP contribution in [-0.4, -0.2) is 37.2 Å². The first kappa shape index (κ1) is 51.4. The van der Waals surface area contributed by atoms with E-state index in [0.29, 0.717) is 19.3 Å². The Kier molecular flexibility index (Phi) is 41.8. The second-order valence-corrected chi connectivity index (χ2v) is 16.0. The van der Waals surface area contributed by atoms with Gasteiger partial charge >= 0.3 is 17.9 Å². The summed E-state index contributed by atoms with van der Waals surface area (Å²) in [6.07, 6.45) is 44.1. The summed E-state index contributed by atoms with van der Waals surface area (Å²) in [5.74, 6) is -0.865. The van der Waals surface area contributed by atoms with Crippen LogP contribution in [0.2, 0.25) is 0 Å². The molecule has 0 aliphatic carbocycles. The van der Waals surface area contributed by atoms with Gasteiger partial charge in [0, 0.05) is 19.3 Å². The summed E-state index contributed by atoms with van der Waals surface area (Å²) in [6.45, 7) is 6.57. The number of rotatable bonds is 43. The van der Waals surface area contributed by atoms with Crippen LogP contribution >= 0.6 is 0 Å². The van der Waals surface area contributed by atoms with Gasteiger partial charge in [-0.15, -0.1) is 0 Å². The summed E-state index contributed by atoms with van der Waals surface area (Å²) in [5, 5.41) is 0. The molecule has 1 atom stereocenters. The molecule has 0 spiro atoms. The van der Waals surface area contributed by atoms with Crippen molar-refractivity contribution < 1.29 is 28.6 Å². The van der Waals surface area contributed by atoms with E-state index in [1.807, 2.05) is 0 Å². The molecule has 0 rings (SSSR count). The summed E-state index contributed by atoms with van der Waals surface area (Å²) in [5.41, 5.74) is 0. The number of esters is 3. The summed E-state index contributed by atoms with van der Waals surface area (Å²) in [7, 11) is 0. The van der Waals surface area contributed by atoms with Gasteiger partial charge in [0.1, 0.15) is 13.2 Å². The Labute approximate surface area is 329 Å². The van der Waals surface area contributed by atoms with Crippen LogP contribution in [0.15, 0.2) is 0 Å². The van der Waals surface area contributed by atoms with E-state index in [-0.39, 0.29) is 31.1 Å². The minimum Gasteiger partial charge on any atom is -0.462 e. The van der Waals surface area contributed by atoms with Gasteiger partial charge in [-0.25, -0.2) is 0 Å². The fourth-order valence-corrected chi connectivity index (χ4v) is 7.03. The van der Waals surface area contributed by atoms with E-state index in [1.54, 1.807) is 0 Å². The van der Waals surface area contributed by atoms with Crippen LogP contribution in [0.1, 0.15) is 265 Å². The largest absolute Gasteiger partial charge is 0.462 e. The highest BCUT2D eigenvalue weighted by atomic mass is 16.6. The van der Waals surface area contributed by atoms with E-state index in [4.69, 9.17) is 14.2 Å². The van der Waals surface area contributed by atoms with Crippen LogP contribution in [0.3, 0.4) is 0 Å². The summed E-state index contributed by atoms with van der Waals surface area (Å²) in [6, 6.07) is 0. The van der Waals surface area contributed by atoms with Crippen molar-refractivity contribution >= 4 is 17.9 Å². The van der Waals surface area contributed by atoms with Crippen molar-refractivity contribution in [1.29, 1.82) is 0 Å². The maximum absolute atomic E-state index is 12.6. The van der Waals surface area contributed by atoms with Gasteiger partial charge in [0.05, 0.1) is 0 Å². The number of carbonyl (C=O) groups is 3. The lowest BCUT2D eigenvalue weighted by molar-refractivity contribution is -0.167. The van der Waals surface area contributed by atoms with Crippen molar-refractivity contribution in [3.05, 3.63) is 0 Å². The smallest absolute Gasteiger partial charge is 0.306 e. The van der Waals surface area contributed by atoms with Crippen LogP contribution in [0.5, 0.6) is 0 Å². The van der Waals surface area contributed by atoms with Crippen molar-refractivity contribution in [2.24, 2.45) is 0 Å². The average molecular weight is 751 g/mol. The zero-order valence-corrected chi connectivity index (χ0v) is 35.8. The highest BCUT2D eigenvalue weighted by Crippen LogP contribution is 2.16. The monoisotopic (exact) mass is 751 g/mol. The third-order valence-electron chi connectivity index (χ3n) is 10.6. The molecule has 53 heavy (non-hydrogen) atoms. The van der Waals surface area contributed by atoms with Crippen molar-refractivity contribution in [3.63, 3.8) is 0 Å². The second kappa shape index (κ2) is 43.1. The highest BCUT2D eigenvalue weighted by molar-refractivity contribution is 5.71. The van der Waals surface area contributed by atoms with Gasteiger partial charge in [0.15, 0.2) is 6.10 Å². The molecular formula is C47H90O6. The number of unbranched alkanes of at least 4 members (excludes halogenated alkanes) is 32. The van der Waals surface area contributed by atoms with Gasteiger partial charge < -0.3 is 14.2 Å². The number of hydrogen-bond donors (Lipinski definition) is 0. The lowest BCUT2D eigenvalue weighted by Gasteiger charge is -2.18. The summed E-state index contributed by atoms with van der Waals surface area (Å²) < 4.78 is 16.6. The second-order valence-electron chi connectivity index (χ2n) is 16.0. The van der Waals surface area contributed by atoms with Crippen molar-refractivity contribution in [1.82, 2.24) is 0 Å². The molecule has 0 aromatic rings. The van der Waals surface area contributed by atoms with E-state index >= 15 is 0 Å². The molecule has 6 heteroatoms. The predicted octanol–water partition coefficient (Wildman–Crippen LogP) is 14.9. The molecule has 0 radical (unpaired) electrons. The molecule has 0 heterocycles. The van der Waals surface area contributed by atoms with E-state index in [9.17, 15) is 14.4 Å². The molecule has 0 aliphatic heterocycles. The van der Waals surface area contributed by atoms with Crippen LogP contribution < -0.4 is 0 Å². The van der Waals surface area contributed by atoms with Gasteiger partial charge in [0.25, 0.3) is 0 Å². The van der Waals surface area contributed by atoms with Crippen molar-refractivity contribution in [2.45, 2.75) is 271 Å². The van der Waals surface area contributed by atoms with E-state index in [0.717, 1.165) is 64.2 Å². The van der Waals surface area contributed by atoms with Gasteiger partial charge in [-0.2, -0.15) is 0 Å². The predicted molar refractivity (Wildman–Crippen MR) is 224 cm³/mol. The van der Waals surface area contributed by atoms with Gasteiger partial charge in [-0.05, 0) is 19.3 Å². The van der Waals surface area contributed by atoms with Gasteiger partial charge in [-0.3, -0.25) is 14.4 Å². The SMILES string of the molecule is CCCCCCCCCCCCCCCCCCCCCC(=O)OCC(COC(=O)CCCCCCC)OC(=O)CCCCCCCCCCCCC.